The lowest BCUT2D eigenvalue weighted by Gasteiger charge is -2.27. The van der Waals surface area contributed by atoms with Crippen LogP contribution >= 0.6 is 23.4 Å². The number of piperidine rings is 1. The second-order valence-electron chi connectivity index (χ2n) is 5.95. The fourth-order valence-corrected chi connectivity index (χ4v) is 4.04. The van der Waals surface area contributed by atoms with E-state index < -0.39 is 0 Å². The van der Waals surface area contributed by atoms with E-state index in [1.807, 2.05) is 24.3 Å². The van der Waals surface area contributed by atoms with Crippen molar-refractivity contribution in [3.05, 3.63) is 64.4 Å². The number of thioether (sulfide) groups is 1. The van der Waals surface area contributed by atoms with E-state index in [4.69, 9.17) is 11.6 Å². The van der Waals surface area contributed by atoms with E-state index in [1.165, 1.54) is 36.6 Å². The molecule has 1 saturated heterocycles. The highest BCUT2D eigenvalue weighted by atomic mass is 35.5. The number of nitrogens with zero attached hydrogens (tertiary/aromatic N) is 1. The highest BCUT2D eigenvalue weighted by Gasteiger charge is 2.17. The molecule has 0 unspecified atom stereocenters. The van der Waals surface area contributed by atoms with Crippen molar-refractivity contribution >= 4 is 23.4 Å². The minimum atomic E-state index is -0.149. The largest absolute Gasteiger partial charge is 0.299 e. The third-order valence-electron chi connectivity index (χ3n) is 4.22. The predicted octanol–water partition coefficient (Wildman–Crippen LogP) is 5.76. The number of hydrogen-bond donors (Lipinski definition) is 0. The highest BCUT2D eigenvalue weighted by molar-refractivity contribution is 7.98. The molecular weight excluding hydrogens is 329 g/mol. The van der Waals surface area contributed by atoms with Gasteiger partial charge in [0, 0.05) is 27.8 Å². The normalized spacial score (nSPS) is 15.7. The molecule has 0 aromatic heterocycles. The van der Waals surface area contributed by atoms with Crippen molar-refractivity contribution in [3.8, 4) is 0 Å². The van der Waals surface area contributed by atoms with Crippen LogP contribution in [0.4, 0.5) is 4.39 Å². The standard InChI is InChI=1S/C19H21ClFNS/c20-17-9-10-18(23-14-15-7-3-1-4-8-15)19(21)16(17)13-22-11-5-2-6-12-22/h1,3-4,7-10H,2,5-6,11-14H2. The number of benzene rings is 2. The van der Waals surface area contributed by atoms with Gasteiger partial charge in [-0.1, -0.05) is 48.4 Å². The maximum atomic E-state index is 14.9. The first-order valence-electron chi connectivity index (χ1n) is 8.10. The summed E-state index contributed by atoms with van der Waals surface area (Å²) >= 11 is 7.79. The van der Waals surface area contributed by atoms with Crippen LogP contribution in [0.1, 0.15) is 30.4 Å². The van der Waals surface area contributed by atoms with Gasteiger partial charge in [0.05, 0.1) is 0 Å². The molecule has 0 N–H and O–H groups in total. The van der Waals surface area contributed by atoms with Crippen molar-refractivity contribution in [1.82, 2.24) is 4.90 Å². The molecule has 4 heteroatoms. The quantitative estimate of drug-likeness (QED) is 0.631. The van der Waals surface area contributed by atoms with E-state index >= 15 is 0 Å². The molecule has 0 radical (unpaired) electrons. The average molecular weight is 350 g/mol. The van der Waals surface area contributed by atoms with Crippen molar-refractivity contribution in [2.24, 2.45) is 0 Å². The third kappa shape index (κ3) is 4.50. The lowest BCUT2D eigenvalue weighted by Crippen LogP contribution is -2.29. The highest BCUT2D eigenvalue weighted by Crippen LogP contribution is 2.32. The van der Waals surface area contributed by atoms with Gasteiger partial charge in [0.2, 0.25) is 0 Å². The average Bonchev–Trinajstić information content (AvgIpc) is 2.60. The monoisotopic (exact) mass is 349 g/mol. The van der Waals surface area contributed by atoms with Crippen LogP contribution in [0.15, 0.2) is 47.4 Å². The minimum absolute atomic E-state index is 0.149. The topological polar surface area (TPSA) is 3.24 Å². The van der Waals surface area contributed by atoms with Crippen molar-refractivity contribution < 1.29 is 4.39 Å². The molecule has 23 heavy (non-hydrogen) atoms. The van der Waals surface area contributed by atoms with Crippen LogP contribution in [-0.4, -0.2) is 18.0 Å². The van der Waals surface area contributed by atoms with Crippen LogP contribution in [0.5, 0.6) is 0 Å². The SMILES string of the molecule is Fc1c(SCc2ccccc2)ccc(Cl)c1CN1CCCCC1. The number of likely N-dealkylation sites (tertiary alicyclic amines) is 1. The Morgan fingerprint density at radius 3 is 2.48 bits per heavy atom. The Morgan fingerprint density at radius 1 is 1.00 bits per heavy atom. The molecule has 0 amide bonds. The molecule has 1 heterocycles. The van der Waals surface area contributed by atoms with Gasteiger partial charge in [0.25, 0.3) is 0 Å². The third-order valence-corrected chi connectivity index (χ3v) is 5.68. The Labute approximate surface area is 146 Å². The molecule has 122 valence electrons. The van der Waals surface area contributed by atoms with Crippen molar-refractivity contribution in [2.45, 2.75) is 36.5 Å². The van der Waals surface area contributed by atoms with Gasteiger partial charge in [-0.25, -0.2) is 4.39 Å². The first-order chi connectivity index (χ1) is 11.2. The molecule has 1 nitrogen and oxygen atoms in total. The fourth-order valence-electron chi connectivity index (χ4n) is 2.91. The van der Waals surface area contributed by atoms with Crippen LogP contribution in [0.2, 0.25) is 5.02 Å². The Hall–Kier alpha value is -1.03. The maximum Gasteiger partial charge on any atom is 0.142 e. The van der Waals surface area contributed by atoms with E-state index in [9.17, 15) is 4.39 Å². The Balaban J connectivity index is 1.72. The molecule has 0 aliphatic carbocycles. The first-order valence-corrected chi connectivity index (χ1v) is 9.46. The van der Waals surface area contributed by atoms with E-state index in [2.05, 4.69) is 17.0 Å². The number of rotatable bonds is 5. The predicted molar refractivity (Wildman–Crippen MR) is 96.5 cm³/mol. The molecule has 1 aliphatic heterocycles. The van der Waals surface area contributed by atoms with Gasteiger partial charge in [0.1, 0.15) is 5.82 Å². The van der Waals surface area contributed by atoms with E-state index in [-0.39, 0.29) is 5.82 Å². The smallest absolute Gasteiger partial charge is 0.142 e. The summed E-state index contributed by atoms with van der Waals surface area (Å²) in [7, 11) is 0. The van der Waals surface area contributed by atoms with Crippen molar-refractivity contribution in [1.29, 1.82) is 0 Å². The summed E-state index contributed by atoms with van der Waals surface area (Å²) in [6.07, 6.45) is 3.67. The molecule has 2 aromatic rings. The van der Waals surface area contributed by atoms with E-state index in [0.29, 0.717) is 22.0 Å². The Bertz CT molecular complexity index is 641. The van der Waals surface area contributed by atoms with Crippen molar-refractivity contribution in [2.75, 3.05) is 13.1 Å². The Kier molecular flexibility index (Phi) is 5.98. The minimum Gasteiger partial charge on any atom is -0.299 e. The van der Waals surface area contributed by atoms with Crippen LogP contribution < -0.4 is 0 Å². The van der Waals surface area contributed by atoms with Gasteiger partial charge in [-0.2, -0.15) is 0 Å². The van der Waals surface area contributed by atoms with Gasteiger partial charge in [0.15, 0.2) is 0 Å². The fraction of sp³-hybridized carbons (Fsp3) is 0.368. The zero-order valence-corrected chi connectivity index (χ0v) is 14.7. The molecule has 0 spiro atoms. The lowest BCUT2D eigenvalue weighted by molar-refractivity contribution is 0.218. The van der Waals surface area contributed by atoms with Gasteiger partial charge >= 0.3 is 0 Å². The van der Waals surface area contributed by atoms with Crippen LogP contribution in [-0.2, 0) is 12.3 Å². The number of halogens is 2. The molecule has 0 saturated carbocycles. The maximum absolute atomic E-state index is 14.9. The molecular formula is C19H21ClFNS. The second-order valence-corrected chi connectivity index (χ2v) is 7.37. The zero-order chi connectivity index (χ0) is 16.1. The van der Waals surface area contributed by atoms with Gasteiger partial charge < -0.3 is 0 Å². The summed E-state index contributed by atoms with van der Waals surface area (Å²) in [5.74, 6) is 0.617. The lowest BCUT2D eigenvalue weighted by atomic mass is 10.1. The van der Waals surface area contributed by atoms with Gasteiger partial charge in [-0.05, 0) is 43.6 Å². The van der Waals surface area contributed by atoms with E-state index in [1.54, 1.807) is 6.07 Å². The molecule has 3 rings (SSSR count). The first kappa shape index (κ1) is 16.8. The summed E-state index contributed by atoms with van der Waals surface area (Å²) in [5.41, 5.74) is 1.84. The second kappa shape index (κ2) is 8.18. The van der Waals surface area contributed by atoms with E-state index in [0.717, 1.165) is 18.8 Å². The summed E-state index contributed by atoms with van der Waals surface area (Å²) in [6, 6.07) is 13.8. The van der Waals surface area contributed by atoms with Crippen LogP contribution in [0.3, 0.4) is 0 Å². The Morgan fingerprint density at radius 2 is 1.74 bits per heavy atom. The molecule has 1 aliphatic rings. The molecule has 2 aromatic carbocycles. The van der Waals surface area contributed by atoms with Crippen LogP contribution in [0, 0.1) is 5.82 Å². The summed E-state index contributed by atoms with van der Waals surface area (Å²) in [5, 5.41) is 0.539. The summed E-state index contributed by atoms with van der Waals surface area (Å²) in [6.45, 7) is 2.69. The summed E-state index contributed by atoms with van der Waals surface area (Å²) < 4.78 is 14.9. The number of hydrogen-bond acceptors (Lipinski definition) is 2. The molecule has 0 bridgehead atoms. The summed E-state index contributed by atoms with van der Waals surface area (Å²) in [4.78, 5) is 2.99. The van der Waals surface area contributed by atoms with Gasteiger partial charge in [-0.15, -0.1) is 11.8 Å². The molecule has 0 atom stereocenters. The van der Waals surface area contributed by atoms with Crippen molar-refractivity contribution in [3.63, 3.8) is 0 Å². The molecule has 1 fully saturated rings. The zero-order valence-electron chi connectivity index (χ0n) is 13.1. The van der Waals surface area contributed by atoms with Gasteiger partial charge in [-0.3, -0.25) is 4.90 Å². The van der Waals surface area contributed by atoms with Crippen LogP contribution in [0.25, 0.3) is 0 Å².